The highest BCUT2D eigenvalue weighted by molar-refractivity contribution is 5.95. The van der Waals surface area contributed by atoms with Crippen LogP contribution in [0.25, 0.3) is 5.69 Å². The van der Waals surface area contributed by atoms with Gasteiger partial charge in [-0.3, -0.25) is 9.59 Å². The van der Waals surface area contributed by atoms with E-state index >= 15 is 0 Å². The summed E-state index contributed by atoms with van der Waals surface area (Å²) in [5, 5.41) is 4.26. The minimum atomic E-state index is -0.520. The van der Waals surface area contributed by atoms with E-state index in [-0.39, 0.29) is 19.0 Å². The van der Waals surface area contributed by atoms with Gasteiger partial charge in [-0.2, -0.15) is 5.10 Å². The first-order chi connectivity index (χ1) is 14.5. The second-order valence-electron chi connectivity index (χ2n) is 6.47. The second kappa shape index (κ2) is 9.60. The molecule has 0 aliphatic heterocycles. The molecule has 0 atom stereocenters. The summed E-state index contributed by atoms with van der Waals surface area (Å²) in [6, 6.07) is 14.8. The van der Waals surface area contributed by atoms with Crippen LogP contribution in [-0.2, 0) is 16.1 Å². The van der Waals surface area contributed by atoms with Crippen LogP contribution < -0.4 is 9.47 Å². The summed E-state index contributed by atoms with van der Waals surface area (Å²) in [7, 11) is 4.38. The standard InChI is InChI=1S/C22H23N3O5/c1-28-19-9-16(10-20(11-19)29-2)13-24(15-21(26)30-3)22(27)17-12-23-25(14-17)18-7-5-4-6-8-18/h4-12,14H,13,15H2,1-3H3. The molecule has 0 aliphatic carbocycles. The molecular formula is C22H23N3O5. The molecule has 0 saturated heterocycles. The molecule has 0 aliphatic rings. The van der Waals surface area contributed by atoms with Crippen LogP contribution in [0, 0.1) is 0 Å². The normalized spacial score (nSPS) is 10.4. The summed E-state index contributed by atoms with van der Waals surface area (Å²) in [6.07, 6.45) is 3.11. The van der Waals surface area contributed by atoms with Crippen LogP contribution in [0.5, 0.6) is 11.5 Å². The van der Waals surface area contributed by atoms with Gasteiger partial charge in [0, 0.05) is 18.8 Å². The molecule has 156 valence electrons. The number of para-hydroxylation sites is 1. The number of benzene rings is 2. The Kier molecular flexibility index (Phi) is 6.69. The zero-order valence-electron chi connectivity index (χ0n) is 17.1. The van der Waals surface area contributed by atoms with Gasteiger partial charge in [-0.15, -0.1) is 0 Å². The second-order valence-corrected chi connectivity index (χ2v) is 6.47. The molecule has 1 amide bonds. The molecule has 0 bridgehead atoms. The number of methoxy groups -OCH3 is 3. The quantitative estimate of drug-likeness (QED) is 0.532. The highest BCUT2D eigenvalue weighted by atomic mass is 16.5. The Bertz CT molecular complexity index is 994. The van der Waals surface area contributed by atoms with Crippen molar-refractivity contribution in [3.63, 3.8) is 0 Å². The lowest BCUT2D eigenvalue weighted by atomic mass is 10.1. The maximum Gasteiger partial charge on any atom is 0.325 e. The number of aromatic nitrogens is 2. The van der Waals surface area contributed by atoms with Crippen LogP contribution >= 0.6 is 0 Å². The highest BCUT2D eigenvalue weighted by Gasteiger charge is 2.22. The largest absolute Gasteiger partial charge is 0.497 e. The Hall–Kier alpha value is -3.81. The molecule has 0 spiro atoms. The van der Waals surface area contributed by atoms with E-state index in [4.69, 9.17) is 14.2 Å². The third-order valence-corrected chi connectivity index (χ3v) is 4.47. The van der Waals surface area contributed by atoms with Crippen LogP contribution in [-0.4, -0.2) is 54.4 Å². The van der Waals surface area contributed by atoms with Crippen molar-refractivity contribution in [2.75, 3.05) is 27.9 Å². The molecule has 2 aromatic carbocycles. The predicted molar refractivity (Wildman–Crippen MR) is 110 cm³/mol. The molecule has 30 heavy (non-hydrogen) atoms. The first kappa shape index (κ1) is 20.9. The Morgan fingerprint density at radius 2 is 1.67 bits per heavy atom. The Morgan fingerprint density at radius 3 is 2.27 bits per heavy atom. The van der Waals surface area contributed by atoms with E-state index in [0.29, 0.717) is 17.1 Å². The topological polar surface area (TPSA) is 82.9 Å². The maximum absolute atomic E-state index is 13.2. The van der Waals surface area contributed by atoms with Crippen molar-refractivity contribution < 1.29 is 23.8 Å². The Labute approximate surface area is 174 Å². The molecule has 0 fully saturated rings. The van der Waals surface area contributed by atoms with E-state index in [2.05, 4.69) is 5.10 Å². The van der Waals surface area contributed by atoms with Gasteiger partial charge in [0.15, 0.2) is 0 Å². The minimum Gasteiger partial charge on any atom is -0.497 e. The molecule has 3 rings (SSSR count). The number of nitrogens with zero attached hydrogens (tertiary/aromatic N) is 3. The van der Waals surface area contributed by atoms with Crippen LogP contribution in [0.15, 0.2) is 60.9 Å². The van der Waals surface area contributed by atoms with Crippen molar-refractivity contribution in [1.82, 2.24) is 14.7 Å². The van der Waals surface area contributed by atoms with Crippen molar-refractivity contribution in [1.29, 1.82) is 0 Å². The number of carbonyl (C=O) groups excluding carboxylic acids is 2. The summed E-state index contributed by atoms with van der Waals surface area (Å²) in [5.41, 5.74) is 1.94. The number of rotatable bonds is 8. The summed E-state index contributed by atoms with van der Waals surface area (Å²) >= 11 is 0. The van der Waals surface area contributed by atoms with Gasteiger partial charge in [-0.1, -0.05) is 18.2 Å². The van der Waals surface area contributed by atoms with Crippen molar-refractivity contribution in [3.8, 4) is 17.2 Å². The van der Waals surface area contributed by atoms with Crippen LogP contribution in [0.4, 0.5) is 0 Å². The lowest BCUT2D eigenvalue weighted by molar-refractivity contribution is -0.141. The van der Waals surface area contributed by atoms with Gasteiger partial charge < -0.3 is 19.1 Å². The molecule has 8 nitrogen and oxygen atoms in total. The van der Waals surface area contributed by atoms with Crippen molar-refractivity contribution in [3.05, 3.63) is 72.1 Å². The summed E-state index contributed by atoms with van der Waals surface area (Å²) in [4.78, 5) is 26.5. The van der Waals surface area contributed by atoms with Gasteiger partial charge in [0.25, 0.3) is 5.91 Å². The summed E-state index contributed by atoms with van der Waals surface area (Å²) < 4.78 is 17.0. The first-order valence-electron chi connectivity index (χ1n) is 9.22. The molecule has 1 heterocycles. The minimum absolute atomic E-state index is 0.165. The Morgan fingerprint density at radius 1 is 1.00 bits per heavy atom. The summed E-state index contributed by atoms with van der Waals surface area (Å²) in [6.45, 7) is -0.0383. The smallest absolute Gasteiger partial charge is 0.325 e. The SMILES string of the molecule is COC(=O)CN(Cc1cc(OC)cc(OC)c1)C(=O)c1cnn(-c2ccccc2)c1. The molecule has 0 N–H and O–H groups in total. The van der Waals surface area contributed by atoms with Crippen molar-refractivity contribution in [2.24, 2.45) is 0 Å². The van der Waals surface area contributed by atoms with E-state index < -0.39 is 5.97 Å². The molecule has 8 heteroatoms. The van der Waals surface area contributed by atoms with Crippen molar-refractivity contribution >= 4 is 11.9 Å². The fourth-order valence-corrected chi connectivity index (χ4v) is 2.94. The van der Waals surface area contributed by atoms with Gasteiger partial charge >= 0.3 is 5.97 Å². The first-order valence-corrected chi connectivity index (χ1v) is 9.22. The van der Waals surface area contributed by atoms with E-state index in [1.54, 1.807) is 43.3 Å². The number of ether oxygens (including phenoxy) is 3. The van der Waals surface area contributed by atoms with Crippen LogP contribution in [0.1, 0.15) is 15.9 Å². The van der Waals surface area contributed by atoms with Gasteiger partial charge in [-0.05, 0) is 29.8 Å². The average molecular weight is 409 g/mol. The van der Waals surface area contributed by atoms with Crippen LogP contribution in [0.2, 0.25) is 0 Å². The maximum atomic E-state index is 13.2. The molecular weight excluding hydrogens is 386 g/mol. The fraction of sp³-hybridized carbons (Fsp3) is 0.227. The van der Waals surface area contributed by atoms with Gasteiger partial charge in [0.1, 0.15) is 18.0 Å². The van der Waals surface area contributed by atoms with E-state index in [1.165, 1.54) is 18.2 Å². The third kappa shape index (κ3) is 4.96. The number of carbonyl (C=O) groups is 2. The van der Waals surface area contributed by atoms with Gasteiger partial charge in [-0.25, -0.2) is 4.68 Å². The molecule has 0 saturated carbocycles. The summed E-state index contributed by atoms with van der Waals surface area (Å²) in [5.74, 6) is 0.316. The monoisotopic (exact) mass is 409 g/mol. The number of esters is 1. The van der Waals surface area contributed by atoms with Crippen molar-refractivity contribution in [2.45, 2.75) is 6.54 Å². The van der Waals surface area contributed by atoms with Gasteiger partial charge in [0.2, 0.25) is 0 Å². The predicted octanol–water partition coefficient (Wildman–Crippen LogP) is 2.70. The Balaban J connectivity index is 1.87. The molecule has 3 aromatic rings. The zero-order chi connectivity index (χ0) is 21.5. The third-order valence-electron chi connectivity index (χ3n) is 4.47. The van der Waals surface area contributed by atoms with Gasteiger partial charge in [0.05, 0.1) is 38.8 Å². The van der Waals surface area contributed by atoms with E-state index in [1.807, 2.05) is 30.3 Å². The lowest BCUT2D eigenvalue weighted by Crippen LogP contribution is -2.35. The number of amides is 1. The molecule has 1 aromatic heterocycles. The van der Waals surface area contributed by atoms with Crippen LogP contribution in [0.3, 0.4) is 0 Å². The molecule has 0 radical (unpaired) electrons. The van der Waals surface area contributed by atoms with E-state index in [0.717, 1.165) is 11.3 Å². The fourth-order valence-electron chi connectivity index (χ4n) is 2.94. The van der Waals surface area contributed by atoms with E-state index in [9.17, 15) is 9.59 Å². The molecule has 0 unspecified atom stereocenters. The average Bonchev–Trinajstić information content (AvgIpc) is 3.28. The number of hydrogen-bond acceptors (Lipinski definition) is 6. The highest BCUT2D eigenvalue weighted by Crippen LogP contribution is 2.24. The number of hydrogen-bond donors (Lipinski definition) is 0. The lowest BCUT2D eigenvalue weighted by Gasteiger charge is -2.21. The zero-order valence-corrected chi connectivity index (χ0v) is 17.1.